The standard InChI is InChI=1S/C27H41IO7/c28-35-19-21(17-29)18-34-27(33)11-7-2-1-6-10-23-24(26(32)16-25(23)31)15-14-22(30)13-12-20-8-4-3-5-9-20/h1,3-6,8-9,21-26,29-32H,2,7,10-19H2/b6-1-/t21?,22-,23+,24+,25-,26+/m0/s1. The highest BCUT2D eigenvalue weighted by Crippen LogP contribution is 2.38. The van der Waals surface area contributed by atoms with Gasteiger partial charge in [-0.15, -0.1) is 0 Å². The Balaban J connectivity index is 1.66. The second kappa shape index (κ2) is 17.4. The SMILES string of the molecule is O=C(CCC/C=C\C[C@@H]1[C@@H](CC[C@@H](O)CCc2ccccc2)[C@H](O)C[C@@H]1O)OCC(CO)COI. The van der Waals surface area contributed by atoms with E-state index in [1.54, 1.807) is 23.0 Å². The fourth-order valence-corrected chi connectivity index (χ4v) is 5.18. The molecule has 0 aliphatic heterocycles. The summed E-state index contributed by atoms with van der Waals surface area (Å²) < 4.78 is 10.1. The molecule has 1 aromatic rings. The van der Waals surface area contributed by atoms with Gasteiger partial charge in [0, 0.05) is 12.3 Å². The Kier molecular flexibility index (Phi) is 15.0. The number of allylic oxidation sites excluding steroid dienone is 2. The minimum atomic E-state index is -0.542. The Labute approximate surface area is 223 Å². The summed E-state index contributed by atoms with van der Waals surface area (Å²) in [7, 11) is 0. The van der Waals surface area contributed by atoms with Crippen molar-refractivity contribution in [3.63, 3.8) is 0 Å². The molecule has 1 fully saturated rings. The molecule has 0 heterocycles. The van der Waals surface area contributed by atoms with Gasteiger partial charge in [0.1, 0.15) is 23.0 Å². The van der Waals surface area contributed by atoms with E-state index in [2.05, 4.69) is 12.1 Å². The number of ether oxygens (including phenoxy) is 1. The molecule has 0 bridgehead atoms. The molecule has 1 unspecified atom stereocenters. The maximum absolute atomic E-state index is 11.8. The van der Waals surface area contributed by atoms with Crippen LogP contribution in [0, 0.1) is 17.8 Å². The lowest BCUT2D eigenvalue weighted by Gasteiger charge is -2.23. The predicted octanol–water partition coefficient (Wildman–Crippen LogP) is 3.75. The largest absolute Gasteiger partial charge is 0.465 e. The Morgan fingerprint density at radius 2 is 1.83 bits per heavy atom. The summed E-state index contributed by atoms with van der Waals surface area (Å²) in [6.45, 7) is 0.398. The molecule has 0 saturated heterocycles. The highest BCUT2D eigenvalue weighted by atomic mass is 127. The van der Waals surface area contributed by atoms with Crippen LogP contribution in [0.2, 0.25) is 0 Å². The Morgan fingerprint density at radius 3 is 2.54 bits per heavy atom. The van der Waals surface area contributed by atoms with E-state index < -0.39 is 18.3 Å². The van der Waals surface area contributed by atoms with E-state index in [1.807, 2.05) is 30.4 Å². The lowest BCUT2D eigenvalue weighted by molar-refractivity contribution is -0.145. The molecule has 2 rings (SSSR count). The third-order valence-corrected chi connectivity index (χ3v) is 7.19. The van der Waals surface area contributed by atoms with Crippen LogP contribution < -0.4 is 0 Å². The van der Waals surface area contributed by atoms with E-state index in [1.165, 1.54) is 5.56 Å². The second-order valence-electron chi connectivity index (χ2n) is 9.56. The smallest absolute Gasteiger partial charge is 0.305 e. The van der Waals surface area contributed by atoms with Crippen LogP contribution in [0.25, 0.3) is 0 Å². The van der Waals surface area contributed by atoms with E-state index in [-0.39, 0.29) is 36.9 Å². The average molecular weight is 605 g/mol. The van der Waals surface area contributed by atoms with E-state index in [4.69, 9.17) is 7.80 Å². The van der Waals surface area contributed by atoms with Crippen molar-refractivity contribution in [3.8, 4) is 0 Å². The number of benzene rings is 1. The van der Waals surface area contributed by atoms with Crippen molar-refractivity contribution in [1.29, 1.82) is 0 Å². The van der Waals surface area contributed by atoms with Gasteiger partial charge in [-0.1, -0.05) is 42.5 Å². The first-order valence-electron chi connectivity index (χ1n) is 12.7. The summed E-state index contributed by atoms with van der Waals surface area (Å²) in [5, 5.41) is 40.5. The third kappa shape index (κ3) is 11.7. The molecule has 0 amide bonds. The zero-order chi connectivity index (χ0) is 25.5. The van der Waals surface area contributed by atoms with Crippen LogP contribution in [0.5, 0.6) is 0 Å². The van der Waals surface area contributed by atoms with Crippen LogP contribution in [0.1, 0.15) is 56.9 Å². The Bertz CT molecular complexity index is 729. The predicted molar refractivity (Wildman–Crippen MR) is 143 cm³/mol. The maximum atomic E-state index is 11.8. The zero-order valence-electron chi connectivity index (χ0n) is 20.4. The number of hydrogen-bond acceptors (Lipinski definition) is 7. The molecule has 8 heteroatoms. The molecule has 1 aliphatic rings. The van der Waals surface area contributed by atoms with Gasteiger partial charge in [-0.05, 0) is 68.8 Å². The molecule has 0 aromatic heterocycles. The topological polar surface area (TPSA) is 116 Å². The van der Waals surface area contributed by atoms with Crippen LogP contribution in [-0.4, -0.2) is 64.5 Å². The minimum Gasteiger partial charge on any atom is -0.465 e. The molecule has 1 aromatic carbocycles. The van der Waals surface area contributed by atoms with Crippen molar-refractivity contribution in [2.45, 2.75) is 76.1 Å². The normalized spacial score (nSPS) is 24.0. The van der Waals surface area contributed by atoms with Gasteiger partial charge in [0.15, 0.2) is 0 Å². The number of carbonyl (C=O) groups excluding carboxylic acids is 1. The molecule has 1 saturated carbocycles. The average Bonchev–Trinajstić information content (AvgIpc) is 3.13. The number of hydrogen-bond donors (Lipinski definition) is 4. The van der Waals surface area contributed by atoms with Crippen molar-refractivity contribution in [3.05, 3.63) is 48.0 Å². The van der Waals surface area contributed by atoms with Crippen LogP contribution in [0.15, 0.2) is 42.5 Å². The van der Waals surface area contributed by atoms with E-state index >= 15 is 0 Å². The lowest BCUT2D eigenvalue weighted by Crippen LogP contribution is -2.23. The van der Waals surface area contributed by atoms with Gasteiger partial charge in [0.2, 0.25) is 0 Å². The molecular weight excluding hydrogens is 563 g/mol. The molecule has 0 spiro atoms. The second-order valence-corrected chi connectivity index (χ2v) is 10.2. The summed E-state index contributed by atoms with van der Waals surface area (Å²) in [5.41, 5.74) is 1.21. The van der Waals surface area contributed by atoms with Gasteiger partial charge >= 0.3 is 5.97 Å². The van der Waals surface area contributed by atoms with Crippen molar-refractivity contribution >= 4 is 29.0 Å². The highest BCUT2D eigenvalue weighted by Gasteiger charge is 2.40. The van der Waals surface area contributed by atoms with Crippen LogP contribution in [0.4, 0.5) is 0 Å². The Morgan fingerprint density at radius 1 is 1.09 bits per heavy atom. The minimum absolute atomic E-state index is 0.0249. The molecule has 1 aliphatic carbocycles. The fraction of sp³-hybridized carbons (Fsp3) is 0.667. The fourth-order valence-electron chi connectivity index (χ4n) is 4.67. The quantitative estimate of drug-likeness (QED) is 0.0927. The summed E-state index contributed by atoms with van der Waals surface area (Å²) in [4.78, 5) is 11.8. The molecule has 198 valence electrons. The van der Waals surface area contributed by atoms with Gasteiger partial charge in [-0.2, -0.15) is 0 Å². The van der Waals surface area contributed by atoms with Crippen LogP contribution in [0.3, 0.4) is 0 Å². The van der Waals surface area contributed by atoms with Gasteiger partial charge in [0.25, 0.3) is 0 Å². The van der Waals surface area contributed by atoms with Gasteiger partial charge in [-0.3, -0.25) is 4.79 Å². The van der Waals surface area contributed by atoms with Gasteiger partial charge in [0.05, 0.1) is 38.1 Å². The van der Waals surface area contributed by atoms with Gasteiger partial charge in [-0.25, -0.2) is 0 Å². The maximum Gasteiger partial charge on any atom is 0.305 e. The van der Waals surface area contributed by atoms with Crippen molar-refractivity contribution in [2.75, 3.05) is 19.8 Å². The number of rotatable bonds is 17. The molecule has 0 radical (unpaired) electrons. The zero-order valence-corrected chi connectivity index (χ0v) is 22.5. The van der Waals surface area contributed by atoms with Crippen LogP contribution in [-0.2, 0) is 19.0 Å². The molecule has 6 atom stereocenters. The first-order valence-corrected chi connectivity index (χ1v) is 13.6. The number of esters is 1. The van der Waals surface area contributed by atoms with Crippen molar-refractivity contribution in [2.24, 2.45) is 17.8 Å². The number of unbranched alkanes of at least 4 members (excludes halogenated alkanes) is 1. The highest BCUT2D eigenvalue weighted by molar-refractivity contribution is 14.1. The third-order valence-electron chi connectivity index (χ3n) is 6.83. The first-order chi connectivity index (χ1) is 16.9. The van der Waals surface area contributed by atoms with E-state index in [9.17, 15) is 25.2 Å². The number of aryl methyl sites for hydroxylation is 1. The summed E-state index contributed by atoms with van der Waals surface area (Å²) >= 11 is 1.75. The summed E-state index contributed by atoms with van der Waals surface area (Å²) in [5.74, 6) is -0.544. The molecule has 7 nitrogen and oxygen atoms in total. The molecule has 4 N–H and O–H groups in total. The molecular formula is C27H41IO7. The van der Waals surface area contributed by atoms with Crippen molar-refractivity contribution in [1.82, 2.24) is 0 Å². The van der Waals surface area contributed by atoms with Crippen molar-refractivity contribution < 1.29 is 33.0 Å². The Hall–Kier alpha value is -1.04. The summed E-state index contributed by atoms with van der Waals surface area (Å²) in [6.07, 6.45) is 8.10. The van der Waals surface area contributed by atoms with E-state index in [0.717, 1.165) is 12.8 Å². The van der Waals surface area contributed by atoms with Crippen LogP contribution >= 0.6 is 23.0 Å². The van der Waals surface area contributed by atoms with Gasteiger partial charge < -0.3 is 28.2 Å². The lowest BCUT2D eigenvalue weighted by atomic mass is 9.85. The number of aliphatic hydroxyl groups is 4. The van der Waals surface area contributed by atoms with E-state index in [0.29, 0.717) is 51.6 Å². The monoisotopic (exact) mass is 604 g/mol. The number of aliphatic hydroxyl groups excluding tert-OH is 4. The number of halogens is 1. The first kappa shape index (κ1) is 30.2. The summed E-state index contributed by atoms with van der Waals surface area (Å²) in [6, 6.07) is 10.1. The molecule has 35 heavy (non-hydrogen) atoms. The number of carbonyl (C=O) groups is 1.